The number of halogens is 1. The zero-order valence-electron chi connectivity index (χ0n) is 14.4. The topological polar surface area (TPSA) is 90.3 Å². The van der Waals surface area contributed by atoms with Gasteiger partial charge in [-0.2, -0.15) is 0 Å². The van der Waals surface area contributed by atoms with Gasteiger partial charge >= 0.3 is 5.97 Å². The molecule has 0 bridgehead atoms. The number of fused-ring (bicyclic) bond motifs is 1. The summed E-state index contributed by atoms with van der Waals surface area (Å²) in [4.78, 5) is 40.4. The predicted molar refractivity (Wildman–Crippen MR) is 102 cm³/mol. The normalized spacial score (nSPS) is 10.6. The van der Waals surface area contributed by atoms with Gasteiger partial charge in [-0.25, -0.2) is 4.98 Å². The number of nitrogens with one attached hydrogen (secondary N) is 1. The van der Waals surface area contributed by atoms with E-state index in [0.717, 1.165) is 4.57 Å². The van der Waals surface area contributed by atoms with Gasteiger partial charge in [-0.3, -0.25) is 19.0 Å². The van der Waals surface area contributed by atoms with E-state index in [-0.39, 0.29) is 12.1 Å². The van der Waals surface area contributed by atoms with Crippen LogP contribution in [0.3, 0.4) is 0 Å². The van der Waals surface area contributed by atoms with Gasteiger partial charge in [-0.15, -0.1) is 0 Å². The van der Waals surface area contributed by atoms with Crippen LogP contribution >= 0.6 is 11.6 Å². The Hall–Kier alpha value is -3.19. The molecule has 2 aromatic carbocycles. The second kappa shape index (κ2) is 8.01. The van der Waals surface area contributed by atoms with E-state index in [4.69, 9.17) is 16.3 Å². The van der Waals surface area contributed by atoms with Crippen molar-refractivity contribution >= 4 is 40.1 Å². The molecule has 0 aliphatic rings. The zero-order chi connectivity index (χ0) is 19.4. The van der Waals surface area contributed by atoms with Crippen molar-refractivity contribution in [3.8, 4) is 0 Å². The second-order valence-electron chi connectivity index (χ2n) is 5.82. The number of hydrogen-bond acceptors (Lipinski definition) is 5. The van der Waals surface area contributed by atoms with Crippen LogP contribution in [0.1, 0.15) is 5.56 Å². The number of carbonyl (C=O) groups is 2. The Bertz CT molecular complexity index is 1080. The Labute approximate surface area is 159 Å². The van der Waals surface area contributed by atoms with E-state index in [1.54, 1.807) is 49.4 Å². The molecular formula is C19H16ClN3O4. The van der Waals surface area contributed by atoms with Crippen molar-refractivity contribution in [2.24, 2.45) is 0 Å². The maximum Gasteiger partial charge on any atom is 0.326 e. The molecule has 0 aliphatic carbocycles. The highest BCUT2D eigenvalue weighted by Crippen LogP contribution is 2.22. The molecule has 0 spiro atoms. The van der Waals surface area contributed by atoms with Gasteiger partial charge in [0, 0.05) is 10.7 Å². The number of rotatable bonds is 5. The fourth-order valence-corrected chi connectivity index (χ4v) is 2.65. The summed E-state index contributed by atoms with van der Waals surface area (Å²) < 4.78 is 6.09. The first-order valence-electron chi connectivity index (χ1n) is 8.10. The molecule has 1 amide bonds. The Morgan fingerprint density at radius 1 is 1.19 bits per heavy atom. The standard InChI is InChI=1S/C19H16ClN3O4/c1-12-14(20)6-4-8-15(12)22-17(24)10-27-18(25)9-23-11-21-16-7-3-2-5-13(16)19(23)26/h2-8,11H,9-10H2,1H3,(H,22,24). The third-order valence-electron chi connectivity index (χ3n) is 3.94. The van der Waals surface area contributed by atoms with Gasteiger partial charge in [-0.05, 0) is 36.8 Å². The van der Waals surface area contributed by atoms with Crippen LogP contribution in [0.2, 0.25) is 5.02 Å². The van der Waals surface area contributed by atoms with Gasteiger partial charge in [0.05, 0.1) is 17.2 Å². The molecule has 0 fully saturated rings. The number of aromatic nitrogens is 2. The van der Waals surface area contributed by atoms with E-state index >= 15 is 0 Å². The second-order valence-corrected chi connectivity index (χ2v) is 6.22. The minimum atomic E-state index is -0.716. The molecule has 1 N–H and O–H groups in total. The largest absolute Gasteiger partial charge is 0.454 e. The summed E-state index contributed by atoms with van der Waals surface area (Å²) in [7, 11) is 0. The van der Waals surface area contributed by atoms with Gasteiger partial charge in [0.1, 0.15) is 6.54 Å². The molecule has 27 heavy (non-hydrogen) atoms. The third-order valence-corrected chi connectivity index (χ3v) is 4.35. The summed E-state index contributed by atoms with van der Waals surface area (Å²) in [5.74, 6) is -1.22. The predicted octanol–water partition coefficient (Wildman–Crippen LogP) is 2.54. The highest BCUT2D eigenvalue weighted by Gasteiger charge is 2.12. The van der Waals surface area contributed by atoms with Crippen LogP contribution in [0.15, 0.2) is 53.6 Å². The fourth-order valence-electron chi connectivity index (χ4n) is 2.48. The molecule has 3 aromatic rings. The number of nitrogens with zero attached hydrogens (tertiary/aromatic N) is 2. The van der Waals surface area contributed by atoms with E-state index in [1.807, 2.05) is 0 Å². The van der Waals surface area contributed by atoms with Crippen LogP contribution in [-0.2, 0) is 20.9 Å². The first-order valence-corrected chi connectivity index (χ1v) is 8.48. The van der Waals surface area contributed by atoms with Crippen LogP contribution in [0.5, 0.6) is 0 Å². The lowest BCUT2D eigenvalue weighted by Gasteiger charge is -2.10. The molecule has 0 saturated carbocycles. The quantitative estimate of drug-likeness (QED) is 0.681. The van der Waals surface area contributed by atoms with Crippen molar-refractivity contribution < 1.29 is 14.3 Å². The van der Waals surface area contributed by atoms with Crippen LogP contribution in [0, 0.1) is 6.92 Å². The molecule has 0 saturated heterocycles. The van der Waals surface area contributed by atoms with Crippen molar-refractivity contribution in [2.45, 2.75) is 13.5 Å². The Morgan fingerprint density at radius 3 is 2.78 bits per heavy atom. The van der Waals surface area contributed by atoms with E-state index < -0.39 is 18.5 Å². The Balaban J connectivity index is 1.60. The molecule has 1 heterocycles. The molecule has 0 atom stereocenters. The highest BCUT2D eigenvalue weighted by atomic mass is 35.5. The summed E-state index contributed by atoms with van der Waals surface area (Å²) in [6.07, 6.45) is 1.28. The summed E-state index contributed by atoms with van der Waals surface area (Å²) in [5.41, 5.74) is 1.45. The number of amides is 1. The third kappa shape index (κ3) is 4.32. The Morgan fingerprint density at radius 2 is 1.96 bits per heavy atom. The number of benzene rings is 2. The van der Waals surface area contributed by atoms with E-state index in [0.29, 0.717) is 27.2 Å². The monoisotopic (exact) mass is 385 g/mol. The van der Waals surface area contributed by atoms with Gasteiger partial charge in [0.15, 0.2) is 6.61 Å². The molecule has 138 valence electrons. The molecule has 0 aliphatic heterocycles. The zero-order valence-corrected chi connectivity index (χ0v) is 15.2. The van der Waals surface area contributed by atoms with E-state index in [1.165, 1.54) is 6.33 Å². The van der Waals surface area contributed by atoms with Crippen LogP contribution in [-0.4, -0.2) is 28.0 Å². The number of hydrogen-bond donors (Lipinski definition) is 1. The van der Waals surface area contributed by atoms with Gasteiger partial charge in [0.25, 0.3) is 11.5 Å². The van der Waals surface area contributed by atoms with E-state index in [9.17, 15) is 14.4 Å². The average Bonchev–Trinajstić information content (AvgIpc) is 2.66. The summed E-state index contributed by atoms with van der Waals surface area (Å²) >= 11 is 6.00. The number of carbonyl (C=O) groups excluding carboxylic acids is 2. The Kier molecular flexibility index (Phi) is 5.52. The van der Waals surface area contributed by atoms with Crippen molar-refractivity contribution in [2.75, 3.05) is 11.9 Å². The van der Waals surface area contributed by atoms with Gasteiger partial charge in [0.2, 0.25) is 0 Å². The molecule has 8 heteroatoms. The first kappa shape index (κ1) is 18.6. The van der Waals surface area contributed by atoms with Crippen molar-refractivity contribution in [3.63, 3.8) is 0 Å². The van der Waals surface area contributed by atoms with Crippen LogP contribution in [0.4, 0.5) is 5.69 Å². The van der Waals surface area contributed by atoms with E-state index in [2.05, 4.69) is 10.3 Å². The lowest BCUT2D eigenvalue weighted by atomic mass is 10.2. The lowest BCUT2D eigenvalue weighted by Crippen LogP contribution is -2.28. The minimum absolute atomic E-state index is 0.333. The van der Waals surface area contributed by atoms with Crippen molar-refractivity contribution in [1.82, 2.24) is 9.55 Å². The molecule has 0 unspecified atom stereocenters. The first-order chi connectivity index (χ1) is 13.0. The summed E-state index contributed by atoms with van der Waals surface area (Å²) in [6.45, 7) is 0.962. The van der Waals surface area contributed by atoms with Crippen molar-refractivity contribution in [3.05, 3.63) is 69.7 Å². The molecule has 0 radical (unpaired) electrons. The number of esters is 1. The maximum absolute atomic E-state index is 12.3. The van der Waals surface area contributed by atoms with Gasteiger partial charge < -0.3 is 10.1 Å². The summed E-state index contributed by atoms with van der Waals surface area (Å²) in [6, 6.07) is 11.9. The molecule has 7 nitrogen and oxygen atoms in total. The van der Waals surface area contributed by atoms with Crippen molar-refractivity contribution in [1.29, 1.82) is 0 Å². The number of ether oxygens (including phenoxy) is 1. The van der Waals surface area contributed by atoms with Crippen LogP contribution < -0.4 is 10.9 Å². The maximum atomic E-state index is 12.3. The fraction of sp³-hybridized carbons (Fsp3) is 0.158. The van der Waals surface area contributed by atoms with Crippen LogP contribution in [0.25, 0.3) is 10.9 Å². The van der Waals surface area contributed by atoms with Gasteiger partial charge in [-0.1, -0.05) is 29.8 Å². The number of anilines is 1. The average molecular weight is 386 g/mol. The SMILES string of the molecule is Cc1c(Cl)cccc1NC(=O)COC(=O)Cn1cnc2ccccc2c1=O. The lowest BCUT2D eigenvalue weighted by molar-refractivity contribution is -0.147. The molecular weight excluding hydrogens is 370 g/mol. The highest BCUT2D eigenvalue weighted by molar-refractivity contribution is 6.31. The molecule has 3 rings (SSSR count). The number of para-hydroxylation sites is 1. The minimum Gasteiger partial charge on any atom is -0.454 e. The molecule has 1 aromatic heterocycles. The smallest absolute Gasteiger partial charge is 0.326 e. The summed E-state index contributed by atoms with van der Waals surface area (Å²) in [5, 5.41) is 3.55.